The van der Waals surface area contributed by atoms with Gasteiger partial charge in [0, 0.05) is 12.1 Å². The fourth-order valence-corrected chi connectivity index (χ4v) is 2.75. The van der Waals surface area contributed by atoms with Crippen molar-refractivity contribution in [3.63, 3.8) is 0 Å². The fraction of sp³-hybridized carbons (Fsp3) is 0.714. The third-order valence-electron chi connectivity index (χ3n) is 3.93. The molecule has 1 N–H and O–H groups in total. The minimum Gasteiger partial charge on any atom is -0.465 e. The molecule has 3 heteroatoms. The van der Waals surface area contributed by atoms with Gasteiger partial charge in [0.25, 0.3) is 0 Å². The van der Waals surface area contributed by atoms with Gasteiger partial charge in [-0.1, -0.05) is 0 Å². The van der Waals surface area contributed by atoms with E-state index in [9.17, 15) is 0 Å². The number of aryl methyl sites for hydroxylation is 1. The van der Waals surface area contributed by atoms with Crippen LogP contribution in [-0.2, 0) is 6.54 Å². The van der Waals surface area contributed by atoms with Crippen LogP contribution in [0, 0.1) is 6.92 Å². The molecular weight excluding hydrogens is 212 g/mol. The zero-order chi connectivity index (χ0) is 12.3. The zero-order valence-corrected chi connectivity index (χ0v) is 11.2. The average molecular weight is 236 g/mol. The van der Waals surface area contributed by atoms with Crippen molar-refractivity contribution < 1.29 is 4.42 Å². The molecule has 0 radical (unpaired) electrons. The van der Waals surface area contributed by atoms with Gasteiger partial charge in [0.15, 0.2) is 0 Å². The molecule has 0 unspecified atom stereocenters. The summed E-state index contributed by atoms with van der Waals surface area (Å²) in [5.41, 5.74) is 0. The van der Waals surface area contributed by atoms with Crippen LogP contribution >= 0.6 is 0 Å². The van der Waals surface area contributed by atoms with Crippen molar-refractivity contribution in [1.29, 1.82) is 0 Å². The van der Waals surface area contributed by atoms with Crippen LogP contribution < -0.4 is 5.32 Å². The maximum Gasteiger partial charge on any atom is 0.118 e. The summed E-state index contributed by atoms with van der Waals surface area (Å²) in [5.74, 6) is 2.09. The molecule has 0 spiro atoms. The molecule has 2 rings (SSSR count). The molecule has 0 saturated heterocycles. The van der Waals surface area contributed by atoms with Crippen LogP contribution in [0.3, 0.4) is 0 Å². The Balaban J connectivity index is 1.82. The van der Waals surface area contributed by atoms with Gasteiger partial charge in [0.05, 0.1) is 6.54 Å². The van der Waals surface area contributed by atoms with Gasteiger partial charge in [-0.15, -0.1) is 0 Å². The van der Waals surface area contributed by atoms with E-state index in [2.05, 4.69) is 30.4 Å². The molecule has 1 aliphatic carbocycles. The number of nitrogens with one attached hydrogen (secondary N) is 1. The first kappa shape index (κ1) is 12.7. The summed E-state index contributed by atoms with van der Waals surface area (Å²) in [6, 6.07) is 5.57. The molecule has 0 aliphatic heterocycles. The molecule has 0 aromatic carbocycles. The summed E-state index contributed by atoms with van der Waals surface area (Å²) < 4.78 is 5.63. The molecule has 0 amide bonds. The molecular formula is C14H24N2O. The first-order valence-electron chi connectivity index (χ1n) is 6.62. The molecule has 1 fully saturated rings. The topological polar surface area (TPSA) is 28.4 Å². The van der Waals surface area contributed by atoms with Crippen molar-refractivity contribution in [3.05, 3.63) is 23.7 Å². The van der Waals surface area contributed by atoms with Crippen LogP contribution in [0.25, 0.3) is 0 Å². The highest BCUT2D eigenvalue weighted by molar-refractivity contribution is 5.05. The van der Waals surface area contributed by atoms with Gasteiger partial charge in [-0.05, 0) is 58.8 Å². The molecule has 3 nitrogen and oxygen atoms in total. The number of hydrogen-bond donors (Lipinski definition) is 1. The minimum absolute atomic E-state index is 0.713. The molecule has 1 aromatic rings. The number of hydrogen-bond acceptors (Lipinski definition) is 3. The Morgan fingerprint density at radius 1 is 1.29 bits per heavy atom. The predicted octanol–water partition coefficient (Wildman–Crippen LogP) is 2.55. The van der Waals surface area contributed by atoms with Gasteiger partial charge in [0.1, 0.15) is 11.5 Å². The molecule has 1 heterocycles. The monoisotopic (exact) mass is 236 g/mol. The SMILES string of the molecule is CNC1CCC(N(C)Cc2ccc(C)o2)CC1. The van der Waals surface area contributed by atoms with E-state index in [1.165, 1.54) is 25.7 Å². The van der Waals surface area contributed by atoms with E-state index in [1.807, 2.05) is 13.0 Å². The van der Waals surface area contributed by atoms with Gasteiger partial charge < -0.3 is 9.73 Å². The van der Waals surface area contributed by atoms with E-state index in [0.29, 0.717) is 6.04 Å². The smallest absolute Gasteiger partial charge is 0.118 e. The van der Waals surface area contributed by atoms with E-state index < -0.39 is 0 Å². The Morgan fingerprint density at radius 3 is 2.53 bits per heavy atom. The Morgan fingerprint density at radius 2 is 2.00 bits per heavy atom. The minimum atomic E-state index is 0.713. The predicted molar refractivity (Wildman–Crippen MR) is 70.0 cm³/mol. The van der Waals surface area contributed by atoms with Gasteiger partial charge >= 0.3 is 0 Å². The second-order valence-corrected chi connectivity index (χ2v) is 5.22. The largest absolute Gasteiger partial charge is 0.465 e. The highest BCUT2D eigenvalue weighted by Gasteiger charge is 2.23. The van der Waals surface area contributed by atoms with E-state index >= 15 is 0 Å². The molecule has 17 heavy (non-hydrogen) atoms. The highest BCUT2D eigenvalue weighted by atomic mass is 16.3. The lowest BCUT2D eigenvalue weighted by atomic mass is 9.90. The Labute approximate surface area is 104 Å². The lowest BCUT2D eigenvalue weighted by molar-refractivity contribution is 0.159. The lowest BCUT2D eigenvalue weighted by Gasteiger charge is -2.34. The zero-order valence-electron chi connectivity index (χ0n) is 11.2. The van der Waals surface area contributed by atoms with Crippen molar-refractivity contribution in [2.24, 2.45) is 0 Å². The van der Waals surface area contributed by atoms with Crippen LogP contribution in [0.4, 0.5) is 0 Å². The fourth-order valence-electron chi connectivity index (χ4n) is 2.75. The first-order chi connectivity index (χ1) is 8.19. The molecule has 0 bridgehead atoms. The summed E-state index contributed by atoms with van der Waals surface area (Å²) in [5, 5.41) is 3.38. The van der Waals surface area contributed by atoms with Crippen molar-refractivity contribution in [3.8, 4) is 0 Å². The lowest BCUT2D eigenvalue weighted by Crippen LogP contribution is -2.39. The first-order valence-corrected chi connectivity index (χ1v) is 6.62. The summed E-state index contributed by atoms with van der Waals surface area (Å²) >= 11 is 0. The maximum atomic E-state index is 5.63. The Kier molecular flexibility index (Phi) is 4.24. The van der Waals surface area contributed by atoms with Gasteiger partial charge in [0.2, 0.25) is 0 Å². The summed E-state index contributed by atoms with van der Waals surface area (Å²) in [6.45, 7) is 2.93. The number of furan rings is 1. The number of rotatable bonds is 4. The third-order valence-corrected chi connectivity index (χ3v) is 3.93. The average Bonchev–Trinajstić information content (AvgIpc) is 2.75. The quantitative estimate of drug-likeness (QED) is 0.871. The van der Waals surface area contributed by atoms with Crippen molar-refractivity contribution in [1.82, 2.24) is 10.2 Å². The molecule has 96 valence electrons. The van der Waals surface area contributed by atoms with Crippen molar-refractivity contribution >= 4 is 0 Å². The van der Waals surface area contributed by atoms with Gasteiger partial charge in [-0.25, -0.2) is 0 Å². The van der Waals surface area contributed by atoms with Gasteiger partial charge in [-0.2, -0.15) is 0 Å². The van der Waals surface area contributed by atoms with Crippen LogP contribution in [0.1, 0.15) is 37.2 Å². The summed E-state index contributed by atoms with van der Waals surface area (Å²) in [4.78, 5) is 2.43. The molecule has 1 aliphatic rings. The normalized spacial score (nSPS) is 25.4. The van der Waals surface area contributed by atoms with Crippen molar-refractivity contribution in [2.45, 2.75) is 51.2 Å². The molecule has 1 aromatic heterocycles. The highest BCUT2D eigenvalue weighted by Crippen LogP contribution is 2.23. The van der Waals surface area contributed by atoms with Crippen LogP contribution in [0.5, 0.6) is 0 Å². The van der Waals surface area contributed by atoms with Crippen LogP contribution in [-0.4, -0.2) is 31.1 Å². The Hall–Kier alpha value is -0.800. The van der Waals surface area contributed by atoms with Crippen LogP contribution in [0.15, 0.2) is 16.5 Å². The Bertz CT molecular complexity index is 340. The van der Waals surface area contributed by atoms with Crippen LogP contribution in [0.2, 0.25) is 0 Å². The van der Waals surface area contributed by atoms with E-state index in [-0.39, 0.29) is 0 Å². The van der Waals surface area contributed by atoms with E-state index in [0.717, 1.165) is 24.1 Å². The maximum absolute atomic E-state index is 5.63. The molecule has 1 saturated carbocycles. The van der Waals surface area contributed by atoms with E-state index in [1.54, 1.807) is 0 Å². The van der Waals surface area contributed by atoms with Crippen molar-refractivity contribution in [2.75, 3.05) is 14.1 Å². The second kappa shape index (κ2) is 5.69. The summed E-state index contributed by atoms with van der Waals surface area (Å²) in [7, 11) is 4.28. The third kappa shape index (κ3) is 3.33. The van der Waals surface area contributed by atoms with E-state index in [4.69, 9.17) is 4.42 Å². The summed E-state index contributed by atoms with van der Waals surface area (Å²) in [6.07, 6.45) is 5.18. The molecule has 0 atom stereocenters. The second-order valence-electron chi connectivity index (χ2n) is 5.22. The number of nitrogens with zero attached hydrogens (tertiary/aromatic N) is 1. The van der Waals surface area contributed by atoms with Gasteiger partial charge in [-0.3, -0.25) is 4.90 Å². The standard InChI is InChI=1S/C14H24N2O/c1-11-4-9-14(17-11)10-16(3)13-7-5-12(15-2)6-8-13/h4,9,12-13,15H,5-8,10H2,1-3H3.